The largest absolute Gasteiger partial charge is 0.397 e. The summed E-state index contributed by atoms with van der Waals surface area (Å²) < 4.78 is 5.04. The zero-order chi connectivity index (χ0) is 13.5. The minimum Gasteiger partial charge on any atom is -0.397 e. The van der Waals surface area contributed by atoms with Crippen LogP contribution in [-0.4, -0.2) is 37.4 Å². The van der Waals surface area contributed by atoms with Crippen LogP contribution in [0.2, 0.25) is 0 Å². The Morgan fingerprint density at radius 2 is 2.28 bits per heavy atom. The fraction of sp³-hybridized carbons (Fsp3) is 0.417. The van der Waals surface area contributed by atoms with Crippen molar-refractivity contribution in [1.82, 2.24) is 0 Å². The number of aliphatic hydroxyl groups is 1. The molecule has 0 fully saturated rings. The van der Waals surface area contributed by atoms with Gasteiger partial charge in [0.2, 0.25) is 5.91 Å². The van der Waals surface area contributed by atoms with Crippen molar-refractivity contribution < 1.29 is 14.6 Å². The van der Waals surface area contributed by atoms with Crippen LogP contribution in [0.4, 0.5) is 11.4 Å². The van der Waals surface area contributed by atoms with E-state index in [1.165, 1.54) is 6.07 Å². The van der Waals surface area contributed by atoms with Crippen LogP contribution in [0.3, 0.4) is 0 Å². The average molecular weight is 253 g/mol. The standard InChI is InChI=1S/C12H19N3O3/c1-18-7-9(4-5-16)15-11-3-2-8(12(14)17)6-10(11)13/h2-3,6,9,15-16H,4-5,7,13H2,1H3,(H2,14,17). The molecule has 1 rings (SSSR count). The van der Waals surface area contributed by atoms with Gasteiger partial charge in [0.1, 0.15) is 0 Å². The summed E-state index contributed by atoms with van der Waals surface area (Å²) in [6.45, 7) is 0.512. The Labute approximate surface area is 106 Å². The minimum atomic E-state index is -0.517. The van der Waals surface area contributed by atoms with Crippen LogP contribution < -0.4 is 16.8 Å². The maximum absolute atomic E-state index is 11.0. The molecular formula is C12H19N3O3. The van der Waals surface area contributed by atoms with Gasteiger partial charge in [-0.2, -0.15) is 0 Å². The van der Waals surface area contributed by atoms with E-state index in [2.05, 4.69) is 5.32 Å². The molecule has 18 heavy (non-hydrogen) atoms. The first-order chi connectivity index (χ1) is 8.58. The Hall–Kier alpha value is -1.79. The predicted octanol–water partition coefficient (Wildman–Crippen LogP) is 0.177. The number of carbonyl (C=O) groups is 1. The first kappa shape index (κ1) is 14.3. The molecule has 6 nitrogen and oxygen atoms in total. The molecule has 0 aromatic heterocycles. The van der Waals surface area contributed by atoms with Crippen LogP contribution in [0.15, 0.2) is 18.2 Å². The van der Waals surface area contributed by atoms with Crippen LogP contribution in [0.5, 0.6) is 0 Å². The molecule has 0 spiro atoms. The zero-order valence-electron chi connectivity index (χ0n) is 10.3. The number of hydrogen-bond donors (Lipinski definition) is 4. The van der Waals surface area contributed by atoms with Gasteiger partial charge in [0.25, 0.3) is 0 Å². The monoisotopic (exact) mass is 253 g/mol. The summed E-state index contributed by atoms with van der Waals surface area (Å²) in [5, 5.41) is 12.1. The van der Waals surface area contributed by atoms with Crippen LogP contribution in [-0.2, 0) is 4.74 Å². The van der Waals surface area contributed by atoms with Crippen LogP contribution in [0.25, 0.3) is 0 Å². The van der Waals surface area contributed by atoms with Crippen molar-refractivity contribution in [3.63, 3.8) is 0 Å². The van der Waals surface area contributed by atoms with E-state index >= 15 is 0 Å². The van der Waals surface area contributed by atoms with Crippen molar-refractivity contribution >= 4 is 17.3 Å². The highest BCUT2D eigenvalue weighted by Crippen LogP contribution is 2.21. The summed E-state index contributed by atoms with van der Waals surface area (Å²) in [6.07, 6.45) is 0.546. The van der Waals surface area contributed by atoms with Gasteiger partial charge in [-0.15, -0.1) is 0 Å². The molecule has 100 valence electrons. The fourth-order valence-electron chi connectivity index (χ4n) is 1.62. The number of nitrogens with two attached hydrogens (primary N) is 2. The molecule has 0 aliphatic heterocycles. The van der Waals surface area contributed by atoms with Gasteiger partial charge in [0.05, 0.1) is 24.0 Å². The topological polar surface area (TPSA) is 111 Å². The summed E-state index contributed by atoms with van der Waals surface area (Å²) in [6, 6.07) is 4.77. The second-order valence-corrected chi connectivity index (χ2v) is 3.98. The number of ether oxygens (including phenoxy) is 1. The average Bonchev–Trinajstić information content (AvgIpc) is 2.32. The quantitative estimate of drug-likeness (QED) is 0.518. The number of primary amides is 1. The SMILES string of the molecule is COCC(CCO)Nc1ccc(C(N)=O)cc1N. The lowest BCUT2D eigenvalue weighted by Crippen LogP contribution is -2.26. The Bertz CT molecular complexity index is 404. The van der Waals surface area contributed by atoms with E-state index in [-0.39, 0.29) is 12.6 Å². The van der Waals surface area contributed by atoms with Gasteiger partial charge in [0, 0.05) is 19.3 Å². The van der Waals surface area contributed by atoms with Gasteiger partial charge in [0.15, 0.2) is 0 Å². The second-order valence-electron chi connectivity index (χ2n) is 3.98. The molecule has 6 N–H and O–H groups in total. The van der Waals surface area contributed by atoms with Gasteiger partial charge < -0.3 is 26.6 Å². The third-order valence-corrected chi connectivity index (χ3v) is 2.54. The van der Waals surface area contributed by atoms with Gasteiger partial charge in [-0.05, 0) is 24.6 Å². The Balaban J connectivity index is 2.79. The molecule has 0 radical (unpaired) electrons. The number of nitrogen functional groups attached to an aromatic ring is 1. The molecule has 1 aromatic rings. The highest BCUT2D eigenvalue weighted by atomic mass is 16.5. The number of hydrogen-bond acceptors (Lipinski definition) is 5. The maximum atomic E-state index is 11.0. The highest BCUT2D eigenvalue weighted by molar-refractivity contribution is 5.94. The maximum Gasteiger partial charge on any atom is 0.248 e. The van der Waals surface area contributed by atoms with Gasteiger partial charge in [-0.3, -0.25) is 4.79 Å². The molecular weight excluding hydrogens is 234 g/mol. The Morgan fingerprint density at radius 3 is 2.78 bits per heavy atom. The second kappa shape index (κ2) is 6.83. The number of nitrogens with one attached hydrogen (secondary N) is 1. The molecule has 1 unspecified atom stereocenters. The zero-order valence-corrected chi connectivity index (χ0v) is 10.3. The summed E-state index contributed by atoms with van der Waals surface area (Å²) in [4.78, 5) is 11.0. The summed E-state index contributed by atoms with van der Waals surface area (Å²) in [5.41, 5.74) is 12.5. The number of amides is 1. The number of rotatable bonds is 7. The van der Waals surface area contributed by atoms with Crippen molar-refractivity contribution in [2.24, 2.45) is 5.73 Å². The first-order valence-electron chi connectivity index (χ1n) is 5.64. The summed E-state index contributed by atoms with van der Waals surface area (Å²) in [7, 11) is 1.59. The van der Waals surface area contributed by atoms with E-state index in [9.17, 15) is 4.79 Å². The van der Waals surface area contributed by atoms with Crippen molar-refractivity contribution in [3.05, 3.63) is 23.8 Å². The summed E-state index contributed by atoms with van der Waals surface area (Å²) >= 11 is 0. The highest BCUT2D eigenvalue weighted by Gasteiger charge is 2.10. The van der Waals surface area contributed by atoms with E-state index in [1.807, 2.05) is 0 Å². The van der Waals surface area contributed by atoms with E-state index in [0.717, 1.165) is 0 Å². The molecule has 0 bridgehead atoms. The number of aliphatic hydroxyl groups excluding tert-OH is 1. The van der Waals surface area contributed by atoms with Gasteiger partial charge in [-0.25, -0.2) is 0 Å². The molecule has 1 amide bonds. The Kier molecular flexibility index (Phi) is 5.41. The number of anilines is 2. The van der Waals surface area contributed by atoms with E-state index < -0.39 is 5.91 Å². The van der Waals surface area contributed by atoms with Crippen molar-refractivity contribution in [3.8, 4) is 0 Å². The van der Waals surface area contributed by atoms with Gasteiger partial charge in [-0.1, -0.05) is 0 Å². The van der Waals surface area contributed by atoms with Gasteiger partial charge >= 0.3 is 0 Å². The smallest absolute Gasteiger partial charge is 0.248 e. The van der Waals surface area contributed by atoms with Crippen molar-refractivity contribution in [1.29, 1.82) is 0 Å². The van der Waals surface area contributed by atoms with E-state index in [0.29, 0.717) is 30.0 Å². The third-order valence-electron chi connectivity index (χ3n) is 2.54. The molecule has 0 aliphatic carbocycles. The number of carbonyl (C=O) groups excluding carboxylic acids is 1. The van der Waals surface area contributed by atoms with Crippen LogP contribution in [0.1, 0.15) is 16.8 Å². The molecule has 0 saturated heterocycles. The summed E-state index contributed by atoms with van der Waals surface area (Å²) in [5.74, 6) is -0.517. The lowest BCUT2D eigenvalue weighted by molar-refractivity contribution is 0.100. The fourth-order valence-corrected chi connectivity index (χ4v) is 1.62. The third kappa shape index (κ3) is 3.90. The first-order valence-corrected chi connectivity index (χ1v) is 5.64. The predicted molar refractivity (Wildman–Crippen MR) is 70.4 cm³/mol. The molecule has 0 aliphatic rings. The molecule has 1 atom stereocenters. The molecule has 0 saturated carbocycles. The normalized spacial score (nSPS) is 12.1. The van der Waals surface area contributed by atoms with Crippen LogP contribution in [0, 0.1) is 0 Å². The van der Waals surface area contributed by atoms with Crippen LogP contribution >= 0.6 is 0 Å². The minimum absolute atomic E-state index is 0.0401. The lowest BCUT2D eigenvalue weighted by atomic mass is 10.1. The van der Waals surface area contributed by atoms with Crippen molar-refractivity contribution in [2.75, 3.05) is 31.4 Å². The van der Waals surface area contributed by atoms with E-state index in [1.54, 1.807) is 19.2 Å². The van der Waals surface area contributed by atoms with Crippen molar-refractivity contribution in [2.45, 2.75) is 12.5 Å². The van der Waals surface area contributed by atoms with E-state index in [4.69, 9.17) is 21.3 Å². The lowest BCUT2D eigenvalue weighted by Gasteiger charge is -2.19. The Morgan fingerprint density at radius 1 is 1.56 bits per heavy atom. The molecule has 0 heterocycles. The molecule has 1 aromatic carbocycles. The molecule has 6 heteroatoms. The number of methoxy groups -OCH3 is 1. The number of benzene rings is 1.